The number of benzene rings is 1. The number of amides is 3. The second kappa shape index (κ2) is 14.5. The molecule has 202 valence electrons. The van der Waals surface area contributed by atoms with Gasteiger partial charge in [0.2, 0.25) is 0 Å². The zero-order valence-electron chi connectivity index (χ0n) is 22.2. The summed E-state index contributed by atoms with van der Waals surface area (Å²) in [4.78, 5) is 32.0. The summed E-state index contributed by atoms with van der Waals surface area (Å²) >= 11 is 6.34. The van der Waals surface area contributed by atoms with Gasteiger partial charge in [-0.1, -0.05) is 36.9 Å². The molecule has 0 aromatic heterocycles. The van der Waals surface area contributed by atoms with Crippen LogP contribution in [0.2, 0.25) is 5.02 Å². The average molecular weight is 522 g/mol. The highest BCUT2D eigenvalue weighted by Gasteiger charge is 2.35. The predicted molar refractivity (Wildman–Crippen MR) is 146 cm³/mol. The van der Waals surface area contributed by atoms with Gasteiger partial charge >= 0.3 is 12.1 Å². The number of alkyl carbamates (subject to hydrolysis) is 1. The third-order valence-electron chi connectivity index (χ3n) is 7.44. The van der Waals surface area contributed by atoms with Crippen LogP contribution in [0.25, 0.3) is 0 Å². The van der Waals surface area contributed by atoms with Crippen LogP contribution in [0.3, 0.4) is 0 Å². The van der Waals surface area contributed by atoms with E-state index >= 15 is 0 Å². The maximum atomic E-state index is 14.0. The number of nitrogens with zero attached hydrogens (tertiary/aromatic N) is 3. The first-order chi connectivity index (χ1) is 17.4. The molecule has 2 aliphatic rings. The normalized spacial score (nSPS) is 19.4. The number of urea groups is 1. The van der Waals surface area contributed by atoms with E-state index < -0.39 is 6.09 Å². The largest absolute Gasteiger partial charge is 0.453 e. The van der Waals surface area contributed by atoms with Crippen molar-refractivity contribution in [2.45, 2.75) is 76.4 Å². The maximum absolute atomic E-state index is 14.0. The number of hydrogen-bond donors (Lipinski definition) is 2. The summed E-state index contributed by atoms with van der Waals surface area (Å²) in [6, 6.07) is 8.74. The van der Waals surface area contributed by atoms with Gasteiger partial charge in [0, 0.05) is 61.6 Å². The van der Waals surface area contributed by atoms with Crippen LogP contribution in [0.1, 0.15) is 58.3 Å². The van der Waals surface area contributed by atoms with Crippen LogP contribution in [0, 0.1) is 0 Å². The molecule has 1 aliphatic carbocycles. The SMILES string of the molecule is CNCC(C)N(C(=O)N1CCCC(N(CCCNC(=O)OC)c2cccc(Cl)c2)C1)C1CCCCC1. The molecule has 1 heterocycles. The van der Waals surface area contributed by atoms with Gasteiger partial charge in [-0.25, -0.2) is 9.59 Å². The Labute approximate surface area is 221 Å². The minimum absolute atomic E-state index is 0.152. The first kappa shape index (κ1) is 28.4. The van der Waals surface area contributed by atoms with E-state index in [0.717, 1.165) is 57.4 Å². The molecule has 0 radical (unpaired) electrons. The number of nitrogens with one attached hydrogen (secondary N) is 2. The fourth-order valence-electron chi connectivity index (χ4n) is 5.69. The molecule has 3 amide bonds. The summed E-state index contributed by atoms with van der Waals surface area (Å²) in [5.41, 5.74) is 1.05. The zero-order valence-corrected chi connectivity index (χ0v) is 22.9. The van der Waals surface area contributed by atoms with E-state index in [1.165, 1.54) is 26.4 Å². The zero-order chi connectivity index (χ0) is 25.9. The third kappa shape index (κ3) is 7.90. The van der Waals surface area contributed by atoms with E-state index in [4.69, 9.17) is 11.6 Å². The van der Waals surface area contributed by atoms with Crippen molar-refractivity contribution >= 4 is 29.4 Å². The lowest BCUT2D eigenvalue weighted by molar-refractivity contribution is 0.0884. The molecule has 2 atom stereocenters. The molecule has 3 rings (SSSR count). The highest BCUT2D eigenvalue weighted by molar-refractivity contribution is 6.30. The van der Waals surface area contributed by atoms with Crippen LogP contribution in [-0.4, -0.2) is 86.9 Å². The van der Waals surface area contributed by atoms with Gasteiger partial charge in [0.25, 0.3) is 0 Å². The van der Waals surface area contributed by atoms with Crippen molar-refractivity contribution in [3.63, 3.8) is 0 Å². The van der Waals surface area contributed by atoms with Crippen LogP contribution < -0.4 is 15.5 Å². The van der Waals surface area contributed by atoms with Gasteiger partial charge in [-0.3, -0.25) is 0 Å². The van der Waals surface area contributed by atoms with Gasteiger partial charge in [0.15, 0.2) is 0 Å². The monoisotopic (exact) mass is 521 g/mol. The van der Waals surface area contributed by atoms with E-state index in [9.17, 15) is 9.59 Å². The van der Waals surface area contributed by atoms with Crippen molar-refractivity contribution < 1.29 is 14.3 Å². The summed E-state index contributed by atoms with van der Waals surface area (Å²) in [7, 11) is 3.32. The summed E-state index contributed by atoms with van der Waals surface area (Å²) in [6.45, 7) is 5.71. The molecule has 2 fully saturated rings. The van der Waals surface area contributed by atoms with E-state index in [2.05, 4.69) is 43.1 Å². The van der Waals surface area contributed by atoms with Gasteiger partial charge in [0.1, 0.15) is 0 Å². The van der Waals surface area contributed by atoms with Crippen molar-refractivity contribution in [3.05, 3.63) is 29.3 Å². The second-order valence-corrected chi connectivity index (χ2v) is 10.5. The lowest BCUT2D eigenvalue weighted by Crippen LogP contribution is -2.58. The van der Waals surface area contributed by atoms with Gasteiger partial charge in [-0.05, 0) is 64.3 Å². The Hall–Kier alpha value is -2.19. The Morgan fingerprint density at radius 3 is 2.61 bits per heavy atom. The highest BCUT2D eigenvalue weighted by Crippen LogP contribution is 2.29. The number of rotatable bonds is 10. The van der Waals surface area contributed by atoms with Crippen molar-refractivity contribution in [2.75, 3.05) is 51.8 Å². The molecule has 2 N–H and O–H groups in total. The van der Waals surface area contributed by atoms with E-state index in [0.29, 0.717) is 24.2 Å². The molecule has 1 aliphatic heterocycles. The lowest BCUT2D eigenvalue weighted by Gasteiger charge is -2.45. The number of carbonyl (C=O) groups excluding carboxylic acids is 2. The van der Waals surface area contributed by atoms with Gasteiger partial charge in [-0.2, -0.15) is 0 Å². The Kier molecular flexibility index (Phi) is 11.5. The Bertz CT molecular complexity index is 835. The molecule has 2 unspecified atom stereocenters. The smallest absolute Gasteiger partial charge is 0.406 e. The van der Waals surface area contributed by atoms with Crippen molar-refractivity contribution in [3.8, 4) is 0 Å². The van der Waals surface area contributed by atoms with Crippen molar-refractivity contribution in [2.24, 2.45) is 0 Å². The Morgan fingerprint density at radius 1 is 1.17 bits per heavy atom. The molecule has 1 saturated carbocycles. The van der Waals surface area contributed by atoms with Crippen LogP contribution in [-0.2, 0) is 4.74 Å². The maximum Gasteiger partial charge on any atom is 0.406 e. The fraction of sp³-hybridized carbons (Fsp3) is 0.704. The number of hydrogen-bond acceptors (Lipinski definition) is 5. The molecule has 8 nitrogen and oxygen atoms in total. The fourth-order valence-corrected chi connectivity index (χ4v) is 5.88. The minimum atomic E-state index is -0.419. The Morgan fingerprint density at radius 2 is 1.92 bits per heavy atom. The number of piperidine rings is 1. The average Bonchev–Trinajstić information content (AvgIpc) is 2.89. The topological polar surface area (TPSA) is 77.2 Å². The van der Waals surface area contributed by atoms with Gasteiger partial charge in [0.05, 0.1) is 7.11 Å². The summed E-state index contributed by atoms with van der Waals surface area (Å²) in [5.74, 6) is 0. The lowest BCUT2D eigenvalue weighted by atomic mass is 9.93. The molecular formula is C27H44ClN5O3. The summed E-state index contributed by atoms with van der Waals surface area (Å²) in [6.07, 6.45) is 8.18. The molecule has 1 saturated heterocycles. The third-order valence-corrected chi connectivity index (χ3v) is 7.68. The number of ether oxygens (including phenoxy) is 1. The summed E-state index contributed by atoms with van der Waals surface area (Å²) in [5, 5.41) is 6.73. The second-order valence-electron chi connectivity index (χ2n) is 10.1. The molecule has 9 heteroatoms. The van der Waals surface area contributed by atoms with Crippen molar-refractivity contribution in [1.82, 2.24) is 20.4 Å². The number of likely N-dealkylation sites (tertiary alicyclic amines) is 1. The van der Waals surface area contributed by atoms with E-state index in [-0.39, 0.29) is 18.1 Å². The van der Waals surface area contributed by atoms with E-state index in [1.54, 1.807) is 0 Å². The number of carbonyl (C=O) groups is 2. The van der Waals surface area contributed by atoms with Gasteiger partial charge < -0.3 is 30.1 Å². The number of halogens is 1. The Balaban J connectivity index is 1.74. The molecule has 0 spiro atoms. The molecule has 1 aromatic carbocycles. The van der Waals surface area contributed by atoms with Crippen LogP contribution in [0.15, 0.2) is 24.3 Å². The molecule has 36 heavy (non-hydrogen) atoms. The first-order valence-corrected chi connectivity index (χ1v) is 13.9. The highest BCUT2D eigenvalue weighted by atomic mass is 35.5. The molecule has 0 bridgehead atoms. The standard InChI is InChI=1S/C27H44ClN5O3/c1-21(19-29-2)33(23-11-5-4-6-12-23)27(35)31-16-8-14-25(20-31)32(17-9-15-30-26(34)36-3)24-13-7-10-22(28)18-24/h7,10,13,18,21,23,25,29H,4-6,8-9,11-12,14-17,19-20H2,1-3H3,(H,30,34). The quantitative estimate of drug-likeness (QED) is 0.436. The molecular weight excluding hydrogens is 478 g/mol. The minimum Gasteiger partial charge on any atom is -0.453 e. The van der Waals surface area contributed by atoms with Crippen LogP contribution in [0.4, 0.5) is 15.3 Å². The van der Waals surface area contributed by atoms with Crippen LogP contribution >= 0.6 is 11.6 Å². The number of likely N-dealkylation sites (N-methyl/N-ethyl adjacent to an activating group) is 1. The van der Waals surface area contributed by atoms with Crippen LogP contribution in [0.5, 0.6) is 0 Å². The number of methoxy groups -OCH3 is 1. The number of anilines is 1. The summed E-state index contributed by atoms with van der Waals surface area (Å²) < 4.78 is 4.69. The first-order valence-electron chi connectivity index (χ1n) is 13.5. The molecule has 1 aromatic rings. The predicted octanol–water partition coefficient (Wildman–Crippen LogP) is 4.72. The van der Waals surface area contributed by atoms with Crippen molar-refractivity contribution in [1.29, 1.82) is 0 Å². The van der Waals surface area contributed by atoms with Gasteiger partial charge in [-0.15, -0.1) is 0 Å². The van der Waals surface area contributed by atoms with E-state index in [1.807, 2.05) is 25.2 Å².